The number of urea groups is 1. The van der Waals surface area contributed by atoms with E-state index in [0.717, 1.165) is 5.39 Å². The van der Waals surface area contributed by atoms with Crippen LogP contribution in [0.5, 0.6) is 0 Å². The predicted octanol–water partition coefficient (Wildman–Crippen LogP) is 3.08. The Morgan fingerprint density at radius 1 is 1.06 bits per heavy atom. The van der Waals surface area contributed by atoms with E-state index in [1.165, 1.54) is 15.1 Å². The molecular formula is C23H26FN5O3S. The molecular weight excluding hydrogens is 445 g/mol. The zero-order valence-corrected chi connectivity index (χ0v) is 19.4. The molecule has 2 aliphatic heterocycles. The van der Waals surface area contributed by atoms with Crippen molar-refractivity contribution in [3.63, 3.8) is 0 Å². The Labute approximate surface area is 192 Å². The van der Waals surface area contributed by atoms with Gasteiger partial charge < -0.3 is 4.90 Å². The zero-order chi connectivity index (χ0) is 23.3. The predicted molar refractivity (Wildman–Crippen MR) is 124 cm³/mol. The molecule has 0 unspecified atom stereocenters. The van der Waals surface area contributed by atoms with E-state index >= 15 is 0 Å². The van der Waals surface area contributed by atoms with Crippen LogP contribution in [0, 0.1) is 11.7 Å². The summed E-state index contributed by atoms with van der Waals surface area (Å²) in [6, 6.07) is 11.7. The normalized spacial score (nSPS) is 18.0. The molecule has 3 heterocycles. The fraction of sp³-hybridized carbons (Fsp3) is 0.391. The fourth-order valence-corrected chi connectivity index (χ4v) is 6.42. The standard InChI is InChI=1S/C23H26FN5O3S/c1-16(2)15-33(31,32)26-13-17(14-26)27-10-11-28(23(27)30)20-8-5-9-21-18(20)12-25-29(21)22-7-4-3-6-19(22)24/h3-9,12,16-17H,10-11,13-15H2,1-2H3. The largest absolute Gasteiger partial charge is 0.324 e. The molecule has 0 spiro atoms. The molecule has 0 radical (unpaired) electrons. The van der Waals surface area contributed by atoms with Crippen molar-refractivity contribution in [1.29, 1.82) is 0 Å². The molecule has 2 aromatic carbocycles. The maximum Gasteiger partial charge on any atom is 0.324 e. The average molecular weight is 472 g/mol. The van der Waals surface area contributed by atoms with Crippen LogP contribution in [0.1, 0.15) is 13.8 Å². The lowest BCUT2D eigenvalue weighted by Crippen LogP contribution is -2.62. The number of halogens is 1. The Morgan fingerprint density at radius 3 is 2.52 bits per heavy atom. The van der Waals surface area contributed by atoms with Gasteiger partial charge >= 0.3 is 6.03 Å². The van der Waals surface area contributed by atoms with Crippen molar-refractivity contribution >= 4 is 32.6 Å². The number of aromatic nitrogens is 2. The van der Waals surface area contributed by atoms with Gasteiger partial charge in [-0.25, -0.2) is 22.3 Å². The topological polar surface area (TPSA) is 78.8 Å². The Hall–Kier alpha value is -2.98. The number of carbonyl (C=O) groups excluding carboxylic acids is 1. The third kappa shape index (κ3) is 3.76. The van der Waals surface area contributed by atoms with Gasteiger partial charge in [0.15, 0.2) is 0 Å². The molecule has 0 atom stereocenters. The van der Waals surface area contributed by atoms with E-state index in [4.69, 9.17) is 0 Å². The Balaban J connectivity index is 1.36. The highest BCUT2D eigenvalue weighted by Gasteiger charge is 2.44. The minimum Gasteiger partial charge on any atom is -0.317 e. The van der Waals surface area contributed by atoms with Crippen LogP contribution in [0.15, 0.2) is 48.7 Å². The van der Waals surface area contributed by atoms with E-state index < -0.39 is 10.0 Å². The number of hydrogen-bond donors (Lipinski definition) is 0. The highest BCUT2D eigenvalue weighted by Crippen LogP contribution is 2.33. The van der Waals surface area contributed by atoms with Crippen molar-refractivity contribution in [2.75, 3.05) is 36.8 Å². The Bertz CT molecular complexity index is 1320. The summed E-state index contributed by atoms with van der Waals surface area (Å²) in [6.07, 6.45) is 1.65. The summed E-state index contributed by atoms with van der Waals surface area (Å²) in [7, 11) is -3.28. The minimum absolute atomic E-state index is 0.0590. The lowest BCUT2D eigenvalue weighted by Gasteiger charge is -2.42. The first-order valence-corrected chi connectivity index (χ1v) is 12.6. The number of nitrogens with zero attached hydrogens (tertiary/aromatic N) is 5. The molecule has 0 saturated carbocycles. The first-order valence-electron chi connectivity index (χ1n) is 11.0. The molecule has 2 fully saturated rings. The summed E-state index contributed by atoms with van der Waals surface area (Å²) >= 11 is 0. The van der Waals surface area contributed by atoms with E-state index in [2.05, 4.69) is 5.10 Å². The summed E-state index contributed by atoms with van der Waals surface area (Å²) in [5.74, 6) is -0.199. The summed E-state index contributed by atoms with van der Waals surface area (Å²) in [5, 5.41) is 5.13. The monoisotopic (exact) mass is 471 g/mol. The third-order valence-corrected chi connectivity index (χ3v) is 8.38. The van der Waals surface area contributed by atoms with Gasteiger partial charge in [-0.15, -0.1) is 0 Å². The first-order chi connectivity index (χ1) is 15.8. The number of fused-ring (bicyclic) bond motifs is 1. The fourth-order valence-electron chi connectivity index (χ4n) is 4.57. The van der Waals surface area contributed by atoms with Gasteiger partial charge in [0.25, 0.3) is 0 Å². The van der Waals surface area contributed by atoms with E-state index in [9.17, 15) is 17.6 Å². The van der Waals surface area contributed by atoms with Gasteiger partial charge in [0.1, 0.15) is 11.5 Å². The van der Waals surface area contributed by atoms with Crippen LogP contribution in [0.3, 0.4) is 0 Å². The smallest absolute Gasteiger partial charge is 0.317 e. The molecule has 1 aromatic heterocycles. The van der Waals surface area contributed by atoms with E-state index in [0.29, 0.717) is 43.1 Å². The molecule has 2 amide bonds. The molecule has 0 N–H and O–H groups in total. The van der Waals surface area contributed by atoms with Crippen molar-refractivity contribution in [2.24, 2.45) is 5.92 Å². The van der Waals surface area contributed by atoms with Gasteiger partial charge in [0.2, 0.25) is 10.0 Å². The number of benzene rings is 2. The van der Waals surface area contributed by atoms with Crippen LogP contribution in [-0.4, -0.2) is 71.4 Å². The van der Waals surface area contributed by atoms with Gasteiger partial charge in [-0.1, -0.05) is 32.0 Å². The molecule has 3 aromatic rings. The molecule has 2 aliphatic rings. The first kappa shape index (κ1) is 21.8. The number of anilines is 1. The SMILES string of the molecule is CC(C)CS(=O)(=O)N1CC(N2CCN(c3cccc4c3cnn4-c3ccccc3F)C2=O)C1. The van der Waals surface area contributed by atoms with Gasteiger partial charge in [-0.2, -0.15) is 9.40 Å². The van der Waals surface area contributed by atoms with E-state index in [1.54, 1.807) is 34.2 Å². The lowest BCUT2D eigenvalue weighted by molar-refractivity contribution is 0.125. The molecule has 0 aliphatic carbocycles. The number of sulfonamides is 1. The van der Waals surface area contributed by atoms with Crippen LogP contribution in [0.4, 0.5) is 14.9 Å². The highest BCUT2D eigenvalue weighted by atomic mass is 32.2. The molecule has 174 valence electrons. The van der Waals surface area contributed by atoms with Gasteiger partial charge in [-0.05, 0) is 30.2 Å². The van der Waals surface area contributed by atoms with Crippen LogP contribution in [-0.2, 0) is 10.0 Å². The molecule has 8 nitrogen and oxygen atoms in total. The van der Waals surface area contributed by atoms with Crippen LogP contribution in [0.2, 0.25) is 0 Å². The average Bonchev–Trinajstić information content (AvgIpc) is 3.30. The van der Waals surface area contributed by atoms with Crippen molar-refractivity contribution in [3.05, 3.63) is 54.5 Å². The van der Waals surface area contributed by atoms with Crippen LogP contribution in [0.25, 0.3) is 16.6 Å². The number of para-hydroxylation sites is 1. The van der Waals surface area contributed by atoms with Crippen molar-refractivity contribution in [2.45, 2.75) is 19.9 Å². The number of carbonyl (C=O) groups is 1. The zero-order valence-electron chi connectivity index (χ0n) is 18.6. The summed E-state index contributed by atoms with van der Waals surface area (Å²) in [5.41, 5.74) is 1.76. The maximum atomic E-state index is 14.3. The van der Waals surface area contributed by atoms with Crippen molar-refractivity contribution < 1.29 is 17.6 Å². The Morgan fingerprint density at radius 2 is 1.79 bits per heavy atom. The lowest BCUT2D eigenvalue weighted by atomic mass is 10.1. The minimum atomic E-state index is -3.28. The number of hydrogen-bond acceptors (Lipinski definition) is 4. The molecule has 33 heavy (non-hydrogen) atoms. The van der Waals surface area contributed by atoms with Gasteiger partial charge in [0, 0.05) is 31.6 Å². The van der Waals surface area contributed by atoms with Crippen LogP contribution >= 0.6 is 0 Å². The molecule has 5 rings (SSSR count). The van der Waals surface area contributed by atoms with Crippen molar-refractivity contribution in [3.8, 4) is 5.69 Å². The van der Waals surface area contributed by atoms with Crippen LogP contribution < -0.4 is 4.90 Å². The summed E-state index contributed by atoms with van der Waals surface area (Å²) in [4.78, 5) is 16.7. The number of amides is 2. The summed E-state index contributed by atoms with van der Waals surface area (Å²) < 4.78 is 42.2. The molecule has 0 bridgehead atoms. The Kier molecular flexibility index (Phi) is 5.37. The quantitative estimate of drug-likeness (QED) is 0.554. The van der Waals surface area contributed by atoms with E-state index in [1.807, 2.05) is 32.0 Å². The van der Waals surface area contributed by atoms with Gasteiger partial charge in [-0.3, -0.25) is 4.90 Å². The highest BCUT2D eigenvalue weighted by molar-refractivity contribution is 7.89. The second kappa shape index (κ2) is 8.11. The summed E-state index contributed by atoms with van der Waals surface area (Å²) in [6.45, 7) is 5.46. The molecule has 10 heteroatoms. The molecule has 2 saturated heterocycles. The maximum absolute atomic E-state index is 14.3. The third-order valence-electron chi connectivity index (χ3n) is 6.21. The van der Waals surface area contributed by atoms with Crippen molar-refractivity contribution in [1.82, 2.24) is 19.0 Å². The number of rotatable bonds is 6. The van der Waals surface area contributed by atoms with E-state index in [-0.39, 0.29) is 29.6 Å². The van der Waals surface area contributed by atoms with Gasteiger partial charge in [0.05, 0.1) is 29.2 Å². The second-order valence-corrected chi connectivity index (χ2v) is 11.0. The second-order valence-electron chi connectivity index (χ2n) is 8.99.